The molecule has 3 atom stereocenters. The van der Waals surface area contributed by atoms with Crippen molar-refractivity contribution in [3.05, 3.63) is 33.7 Å². The van der Waals surface area contributed by atoms with Gasteiger partial charge in [0, 0.05) is 42.9 Å². The number of carbonyl (C=O) groups excluding carboxylic acids is 1. The highest BCUT2D eigenvalue weighted by Crippen LogP contribution is 2.23. The number of amides is 1. The molecule has 2 aromatic rings. The molecule has 2 aliphatic heterocycles. The van der Waals surface area contributed by atoms with E-state index in [9.17, 15) is 9.59 Å². The third kappa shape index (κ3) is 2.66. The summed E-state index contributed by atoms with van der Waals surface area (Å²) < 4.78 is 7.08. The average molecular weight is 334 g/mol. The molecule has 1 amide bonds. The Morgan fingerprint density at radius 2 is 2.35 bits per heavy atom. The van der Waals surface area contributed by atoms with Gasteiger partial charge >= 0.3 is 0 Å². The van der Waals surface area contributed by atoms with Crippen LogP contribution in [0.5, 0.6) is 0 Å². The Morgan fingerprint density at radius 1 is 1.48 bits per heavy atom. The first-order valence-electron chi connectivity index (χ1n) is 7.73. The molecule has 2 saturated heterocycles. The summed E-state index contributed by atoms with van der Waals surface area (Å²) in [6, 6.07) is 0.402. The minimum absolute atomic E-state index is 0.0453. The number of hydrogen-bond donors (Lipinski definition) is 1. The third-order valence-electron chi connectivity index (χ3n) is 4.52. The first kappa shape index (κ1) is 14.8. The van der Waals surface area contributed by atoms with Crippen molar-refractivity contribution in [2.75, 3.05) is 19.7 Å². The van der Waals surface area contributed by atoms with Crippen molar-refractivity contribution >= 4 is 22.2 Å². The van der Waals surface area contributed by atoms with Crippen LogP contribution in [0, 0.1) is 0 Å². The van der Waals surface area contributed by atoms with Crippen LogP contribution in [0.1, 0.15) is 23.7 Å². The predicted octanol–water partition coefficient (Wildman–Crippen LogP) is 0.347. The van der Waals surface area contributed by atoms with Crippen LogP contribution >= 0.6 is 11.3 Å². The number of aromatic nitrogens is 2. The van der Waals surface area contributed by atoms with E-state index < -0.39 is 0 Å². The fraction of sp³-hybridized carbons (Fsp3) is 0.533. The molecule has 1 N–H and O–H groups in total. The zero-order chi connectivity index (χ0) is 16.0. The molecule has 122 valence electrons. The maximum absolute atomic E-state index is 12.4. The third-order valence-corrected chi connectivity index (χ3v) is 5.29. The van der Waals surface area contributed by atoms with Gasteiger partial charge in [0.15, 0.2) is 4.96 Å². The second-order valence-corrected chi connectivity index (χ2v) is 7.06. The molecular weight excluding hydrogens is 316 g/mol. The van der Waals surface area contributed by atoms with Gasteiger partial charge in [0.25, 0.3) is 11.5 Å². The fourth-order valence-corrected chi connectivity index (χ4v) is 4.06. The summed E-state index contributed by atoms with van der Waals surface area (Å²) in [5, 5.41) is 4.76. The van der Waals surface area contributed by atoms with Crippen LogP contribution in [0.3, 0.4) is 0 Å². The van der Waals surface area contributed by atoms with E-state index in [1.807, 2.05) is 0 Å². The van der Waals surface area contributed by atoms with E-state index in [2.05, 4.69) is 22.1 Å². The summed E-state index contributed by atoms with van der Waals surface area (Å²) >= 11 is 1.37. The minimum Gasteiger partial charge on any atom is -0.376 e. The summed E-state index contributed by atoms with van der Waals surface area (Å²) in [5.41, 5.74) is -0.225. The van der Waals surface area contributed by atoms with E-state index in [1.165, 1.54) is 21.9 Å². The molecule has 0 spiro atoms. The Morgan fingerprint density at radius 3 is 3.22 bits per heavy atom. The fourth-order valence-electron chi connectivity index (χ4n) is 3.39. The maximum atomic E-state index is 12.4. The molecule has 0 bridgehead atoms. The van der Waals surface area contributed by atoms with Crippen molar-refractivity contribution in [3.63, 3.8) is 0 Å². The van der Waals surface area contributed by atoms with E-state index >= 15 is 0 Å². The van der Waals surface area contributed by atoms with E-state index in [1.54, 1.807) is 11.6 Å². The lowest BCUT2D eigenvalue weighted by Gasteiger charge is -2.33. The number of fused-ring (bicyclic) bond motifs is 2. The van der Waals surface area contributed by atoms with Crippen molar-refractivity contribution in [2.45, 2.75) is 31.5 Å². The van der Waals surface area contributed by atoms with E-state index in [0.717, 1.165) is 19.5 Å². The zero-order valence-electron chi connectivity index (χ0n) is 12.8. The van der Waals surface area contributed by atoms with E-state index in [0.29, 0.717) is 17.6 Å². The molecule has 2 aromatic heterocycles. The SMILES string of the molecule is C[C@@H]1CN2C[C@@H](NC(=O)c3cnc4sccn4c3=O)C[C@H]2CO1. The molecule has 2 aliphatic rings. The van der Waals surface area contributed by atoms with E-state index in [4.69, 9.17) is 4.74 Å². The molecule has 7 nitrogen and oxygen atoms in total. The zero-order valence-corrected chi connectivity index (χ0v) is 13.6. The molecule has 4 heterocycles. The quantitative estimate of drug-likeness (QED) is 0.857. The Bertz CT molecular complexity index is 801. The summed E-state index contributed by atoms with van der Waals surface area (Å²) in [6.45, 7) is 4.46. The Hall–Kier alpha value is -1.77. The van der Waals surface area contributed by atoms with Crippen molar-refractivity contribution in [1.29, 1.82) is 0 Å². The van der Waals surface area contributed by atoms with Crippen LogP contribution in [0.25, 0.3) is 4.96 Å². The van der Waals surface area contributed by atoms with Gasteiger partial charge in [-0.15, -0.1) is 11.3 Å². The molecule has 0 unspecified atom stereocenters. The van der Waals surface area contributed by atoms with Crippen LogP contribution in [-0.4, -0.2) is 58.1 Å². The summed E-state index contributed by atoms with van der Waals surface area (Å²) in [7, 11) is 0. The first-order valence-corrected chi connectivity index (χ1v) is 8.61. The summed E-state index contributed by atoms with van der Waals surface area (Å²) in [6.07, 6.45) is 4.10. The molecule has 0 radical (unpaired) electrons. The molecule has 8 heteroatoms. The molecular formula is C15H18N4O3S. The second-order valence-electron chi connectivity index (χ2n) is 6.19. The second kappa shape index (κ2) is 5.70. The van der Waals surface area contributed by atoms with Gasteiger partial charge in [-0.1, -0.05) is 0 Å². The van der Waals surface area contributed by atoms with E-state index in [-0.39, 0.29) is 29.2 Å². The smallest absolute Gasteiger partial charge is 0.271 e. The number of nitrogens with zero attached hydrogens (tertiary/aromatic N) is 3. The van der Waals surface area contributed by atoms with Crippen molar-refractivity contribution in [3.8, 4) is 0 Å². The van der Waals surface area contributed by atoms with Crippen molar-refractivity contribution < 1.29 is 9.53 Å². The van der Waals surface area contributed by atoms with Crippen molar-refractivity contribution in [2.24, 2.45) is 0 Å². The van der Waals surface area contributed by atoms with Gasteiger partial charge in [-0.2, -0.15) is 0 Å². The lowest BCUT2D eigenvalue weighted by atomic mass is 10.1. The highest BCUT2D eigenvalue weighted by Gasteiger charge is 2.37. The highest BCUT2D eigenvalue weighted by molar-refractivity contribution is 7.15. The van der Waals surface area contributed by atoms with Gasteiger partial charge in [-0.3, -0.25) is 18.9 Å². The lowest BCUT2D eigenvalue weighted by Crippen LogP contribution is -2.45. The lowest BCUT2D eigenvalue weighted by molar-refractivity contribution is -0.0390. The topological polar surface area (TPSA) is 75.9 Å². The number of nitrogens with one attached hydrogen (secondary N) is 1. The van der Waals surface area contributed by atoms with Crippen LogP contribution in [0.2, 0.25) is 0 Å². The van der Waals surface area contributed by atoms with Gasteiger partial charge in [0.05, 0.1) is 12.7 Å². The number of ether oxygens (including phenoxy) is 1. The predicted molar refractivity (Wildman–Crippen MR) is 86.0 cm³/mol. The molecule has 0 aromatic carbocycles. The standard InChI is InChI=1S/C15H18N4O3S/c1-9-6-18-7-10(4-11(18)8-22-9)17-13(20)12-5-16-15-19(14(12)21)2-3-23-15/h2-3,5,9-11H,4,6-8H2,1H3,(H,17,20)/t9-,10+,11+/m1/s1. The first-order chi connectivity index (χ1) is 11.1. The number of carbonyl (C=O) groups is 1. The average Bonchev–Trinajstić information content (AvgIpc) is 3.13. The van der Waals surface area contributed by atoms with Gasteiger partial charge < -0.3 is 10.1 Å². The Balaban J connectivity index is 1.49. The maximum Gasteiger partial charge on any atom is 0.271 e. The monoisotopic (exact) mass is 334 g/mol. The number of morpholine rings is 1. The molecule has 0 aliphatic carbocycles. The van der Waals surface area contributed by atoms with Crippen molar-refractivity contribution in [1.82, 2.24) is 19.6 Å². The van der Waals surface area contributed by atoms with Gasteiger partial charge in [0.2, 0.25) is 0 Å². The molecule has 23 heavy (non-hydrogen) atoms. The number of hydrogen-bond acceptors (Lipinski definition) is 6. The number of rotatable bonds is 2. The van der Waals surface area contributed by atoms with Crippen LogP contribution in [-0.2, 0) is 4.74 Å². The van der Waals surface area contributed by atoms with Crippen LogP contribution in [0.15, 0.2) is 22.6 Å². The summed E-state index contributed by atoms with van der Waals surface area (Å²) in [5.74, 6) is -0.345. The van der Waals surface area contributed by atoms with Gasteiger partial charge in [-0.05, 0) is 13.3 Å². The largest absolute Gasteiger partial charge is 0.376 e. The van der Waals surface area contributed by atoms with Crippen LogP contribution in [0.4, 0.5) is 0 Å². The minimum atomic E-state index is -0.345. The van der Waals surface area contributed by atoms with Gasteiger partial charge in [0.1, 0.15) is 5.56 Å². The van der Waals surface area contributed by atoms with Crippen LogP contribution < -0.4 is 10.9 Å². The highest BCUT2D eigenvalue weighted by atomic mass is 32.1. The molecule has 4 rings (SSSR count). The summed E-state index contributed by atoms with van der Waals surface area (Å²) in [4.78, 5) is 31.9. The Kier molecular flexibility index (Phi) is 3.67. The molecule has 0 saturated carbocycles. The normalized spacial score (nSPS) is 28.0. The Labute approximate surface area is 136 Å². The number of thiazole rings is 1. The molecule has 2 fully saturated rings. The van der Waals surface area contributed by atoms with Gasteiger partial charge in [-0.25, -0.2) is 4.98 Å².